The Bertz CT molecular complexity index is 1080. The van der Waals surface area contributed by atoms with Crippen molar-refractivity contribution in [1.82, 2.24) is 0 Å². The van der Waals surface area contributed by atoms with E-state index in [1.807, 2.05) is 12.1 Å². The van der Waals surface area contributed by atoms with Gasteiger partial charge < -0.3 is 0 Å². The van der Waals surface area contributed by atoms with E-state index in [0.29, 0.717) is 0 Å². The summed E-state index contributed by atoms with van der Waals surface area (Å²) in [5.41, 5.74) is 5.13. The first-order chi connectivity index (χ1) is 13.9. The summed E-state index contributed by atoms with van der Waals surface area (Å²) in [6.07, 6.45) is 0. The Morgan fingerprint density at radius 2 is 0.714 bits per heavy atom. The van der Waals surface area contributed by atoms with Crippen LogP contribution in [0.3, 0.4) is 0 Å². The van der Waals surface area contributed by atoms with Gasteiger partial charge in [-0.05, 0) is 33.0 Å². The Morgan fingerprint density at radius 3 is 1.29 bits per heavy atom. The Labute approximate surface area is 166 Å². The maximum atomic E-state index is 2.18. The first-order valence-electron chi connectivity index (χ1n) is 9.55. The lowest BCUT2D eigenvalue weighted by atomic mass is 9.98. The van der Waals surface area contributed by atoms with Crippen molar-refractivity contribution in [2.75, 3.05) is 0 Å². The third kappa shape index (κ3) is 4.19. The minimum absolute atomic E-state index is 1.28. The van der Waals surface area contributed by atoms with Crippen molar-refractivity contribution in [3.63, 3.8) is 0 Å². The van der Waals surface area contributed by atoms with Gasteiger partial charge in [0.15, 0.2) is 0 Å². The van der Waals surface area contributed by atoms with Crippen molar-refractivity contribution in [3.05, 3.63) is 133 Å². The first-order valence-corrected chi connectivity index (χ1v) is 9.55. The van der Waals surface area contributed by atoms with Crippen LogP contribution in [0.2, 0.25) is 0 Å². The second-order valence-electron chi connectivity index (χ2n) is 6.62. The zero-order chi connectivity index (χ0) is 19.0. The SMILES string of the molecule is c1ccc(-c2cccc3ccccc23)cc1.c1ccc(-c2ccccc2)cc1. The van der Waals surface area contributed by atoms with E-state index in [0.717, 1.165) is 0 Å². The largest absolute Gasteiger partial charge is 0.0622 e. The van der Waals surface area contributed by atoms with Crippen molar-refractivity contribution in [2.45, 2.75) is 0 Å². The quantitative estimate of drug-likeness (QED) is 0.301. The molecule has 0 heterocycles. The molecule has 0 spiro atoms. The number of hydrogen-bond acceptors (Lipinski definition) is 0. The van der Waals surface area contributed by atoms with E-state index in [1.54, 1.807) is 0 Å². The highest BCUT2D eigenvalue weighted by molar-refractivity contribution is 5.96. The molecule has 0 unspecified atom stereocenters. The number of benzene rings is 5. The molecule has 5 aromatic carbocycles. The molecule has 0 radical (unpaired) electrons. The smallest absolute Gasteiger partial charge is 0.0105 e. The van der Waals surface area contributed by atoms with Crippen LogP contribution in [0.15, 0.2) is 133 Å². The predicted molar refractivity (Wildman–Crippen MR) is 121 cm³/mol. The van der Waals surface area contributed by atoms with Crippen LogP contribution in [-0.2, 0) is 0 Å². The number of rotatable bonds is 2. The summed E-state index contributed by atoms with van der Waals surface area (Å²) in [7, 11) is 0. The molecule has 0 aliphatic rings. The monoisotopic (exact) mass is 358 g/mol. The second-order valence-corrected chi connectivity index (χ2v) is 6.62. The molecule has 0 heteroatoms. The van der Waals surface area contributed by atoms with Crippen molar-refractivity contribution in [2.24, 2.45) is 0 Å². The molecule has 0 atom stereocenters. The highest BCUT2D eigenvalue weighted by Crippen LogP contribution is 2.27. The van der Waals surface area contributed by atoms with Gasteiger partial charge in [-0.3, -0.25) is 0 Å². The molecule has 0 aliphatic heterocycles. The topological polar surface area (TPSA) is 0 Å². The fourth-order valence-electron chi connectivity index (χ4n) is 3.36. The first kappa shape index (κ1) is 17.8. The third-order valence-electron chi connectivity index (χ3n) is 4.76. The third-order valence-corrected chi connectivity index (χ3v) is 4.76. The fourth-order valence-corrected chi connectivity index (χ4v) is 3.36. The van der Waals surface area contributed by atoms with Gasteiger partial charge in [0.1, 0.15) is 0 Å². The Hall–Kier alpha value is -3.64. The average Bonchev–Trinajstić information content (AvgIpc) is 2.81. The van der Waals surface area contributed by atoms with E-state index in [1.165, 1.54) is 33.0 Å². The van der Waals surface area contributed by atoms with Crippen LogP contribution < -0.4 is 0 Å². The molecule has 0 nitrogen and oxygen atoms in total. The molecule has 5 rings (SSSR count). The summed E-state index contributed by atoms with van der Waals surface area (Å²) < 4.78 is 0. The van der Waals surface area contributed by atoms with Gasteiger partial charge in [-0.2, -0.15) is 0 Å². The van der Waals surface area contributed by atoms with Gasteiger partial charge in [-0.15, -0.1) is 0 Å². The summed E-state index contributed by atoms with van der Waals surface area (Å²) in [6.45, 7) is 0. The van der Waals surface area contributed by atoms with Crippen LogP contribution in [0, 0.1) is 0 Å². The molecule has 28 heavy (non-hydrogen) atoms. The van der Waals surface area contributed by atoms with Gasteiger partial charge in [0.2, 0.25) is 0 Å². The molecule has 0 fully saturated rings. The molecular formula is C28H22. The lowest BCUT2D eigenvalue weighted by Gasteiger charge is -2.06. The van der Waals surface area contributed by atoms with Crippen LogP contribution in [0.1, 0.15) is 0 Å². The average molecular weight is 358 g/mol. The number of fused-ring (bicyclic) bond motifs is 1. The van der Waals surface area contributed by atoms with Crippen molar-refractivity contribution in [3.8, 4) is 22.3 Å². The Kier molecular flexibility index (Phi) is 5.60. The zero-order valence-corrected chi connectivity index (χ0v) is 15.7. The van der Waals surface area contributed by atoms with Crippen LogP contribution in [-0.4, -0.2) is 0 Å². The Balaban J connectivity index is 0.000000143. The zero-order valence-electron chi connectivity index (χ0n) is 15.7. The molecule has 134 valence electrons. The molecule has 0 N–H and O–H groups in total. The molecule has 0 aliphatic carbocycles. The van der Waals surface area contributed by atoms with E-state index in [9.17, 15) is 0 Å². The predicted octanol–water partition coefficient (Wildman–Crippen LogP) is 7.86. The Morgan fingerprint density at radius 1 is 0.286 bits per heavy atom. The highest BCUT2D eigenvalue weighted by atomic mass is 14.0. The summed E-state index contributed by atoms with van der Waals surface area (Å²) in [4.78, 5) is 0. The van der Waals surface area contributed by atoms with E-state index in [2.05, 4.69) is 121 Å². The molecular weight excluding hydrogens is 336 g/mol. The van der Waals surface area contributed by atoms with E-state index in [4.69, 9.17) is 0 Å². The minimum Gasteiger partial charge on any atom is -0.0622 e. The van der Waals surface area contributed by atoms with Gasteiger partial charge >= 0.3 is 0 Å². The normalized spacial score (nSPS) is 10.1. The van der Waals surface area contributed by atoms with E-state index in [-0.39, 0.29) is 0 Å². The van der Waals surface area contributed by atoms with Crippen molar-refractivity contribution in [1.29, 1.82) is 0 Å². The lowest BCUT2D eigenvalue weighted by molar-refractivity contribution is 1.62. The summed E-state index contributed by atoms with van der Waals surface area (Å²) in [6, 6.07) is 46.3. The van der Waals surface area contributed by atoms with Crippen molar-refractivity contribution < 1.29 is 0 Å². The molecule has 0 saturated carbocycles. The molecule has 0 aromatic heterocycles. The van der Waals surface area contributed by atoms with Crippen LogP contribution in [0.5, 0.6) is 0 Å². The van der Waals surface area contributed by atoms with Crippen molar-refractivity contribution >= 4 is 10.8 Å². The fraction of sp³-hybridized carbons (Fsp3) is 0. The summed E-state index contributed by atoms with van der Waals surface area (Å²) in [5, 5.41) is 2.61. The van der Waals surface area contributed by atoms with E-state index >= 15 is 0 Å². The van der Waals surface area contributed by atoms with Gasteiger partial charge in [0.05, 0.1) is 0 Å². The maximum Gasteiger partial charge on any atom is -0.0105 e. The lowest BCUT2D eigenvalue weighted by Crippen LogP contribution is -1.79. The molecule has 0 bridgehead atoms. The van der Waals surface area contributed by atoms with Gasteiger partial charge in [0.25, 0.3) is 0 Å². The highest BCUT2D eigenvalue weighted by Gasteiger charge is 2.01. The maximum absolute atomic E-state index is 2.18. The molecule has 5 aromatic rings. The van der Waals surface area contributed by atoms with Crippen LogP contribution in [0.4, 0.5) is 0 Å². The van der Waals surface area contributed by atoms with Gasteiger partial charge in [0, 0.05) is 0 Å². The number of hydrogen-bond donors (Lipinski definition) is 0. The molecule has 0 saturated heterocycles. The second kappa shape index (κ2) is 8.83. The summed E-state index contributed by atoms with van der Waals surface area (Å²) >= 11 is 0. The molecule has 0 amide bonds. The van der Waals surface area contributed by atoms with Gasteiger partial charge in [-0.25, -0.2) is 0 Å². The van der Waals surface area contributed by atoms with Gasteiger partial charge in [-0.1, -0.05) is 133 Å². The summed E-state index contributed by atoms with van der Waals surface area (Å²) in [5.74, 6) is 0. The van der Waals surface area contributed by atoms with Crippen LogP contribution >= 0.6 is 0 Å². The standard InChI is InChI=1S/C16H12.C12H10/c1-2-7-13(8-3-1)16-12-6-10-14-9-4-5-11-15(14)16;1-3-7-11(8-4-1)12-9-5-2-6-10-12/h1-12H;1-10H. The van der Waals surface area contributed by atoms with E-state index < -0.39 is 0 Å². The minimum atomic E-state index is 1.28. The van der Waals surface area contributed by atoms with Crippen LogP contribution in [0.25, 0.3) is 33.0 Å².